The van der Waals surface area contributed by atoms with Gasteiger partial charge in [0, 0.05) is 25.0 Å². The molecule has 0 bridgehead atoms. The number of benzene rings is 1. The number of unbranched alkanes of at least 4 members (excludes halogenated alkanes) is 2. The van der Waals surface area contributed by atoms with Gasteiger partial charge in [0.15, 0.2) is 0 Å². The van der Waals surface area contributed by atoms with Crippen LogP contribution in [0.2, 0.25) is 0 Å². The van der Waals surface area contributed by atoms with Crippen molar-refractivity contribution in [2.45, 2.75) is 78.9 Å². The van der Waals surface area contributed by atoms with E-state index in [9.17, 15) is 9.59 Å². The van der Waals surface area contributed by atoms with Crippen molar-refractivity contribution in [1.29, 1.82) is 0 Å². The lowest BCUT2D eigenvalue weighted by Gasteiger charge is -2.31. The molecule has 0 spiro atoms. The van der Waals surface area contributed by atoms with Crippen LogP contribution in [0.25, 0.3) is 11.0 Å². The summed E-state index contributed by atoms with van der Waals surface area (Å²) in [6.07, 6.45) is 6.98. The molecule has 2 rings (SSSR count). The minimum Gasteiger partial charge on any atom is -0.353 e. The minimum absolute atomic E-state index is 0.0438. The Kier molecular flexibility index (Phi) is 9.09. The predicted octanol–water partition coefficient (Wildman–Crippen LogP) is 4.09. The molecule has 0 aliphatic rings. The third-order valence-corrected chi connectivity index (χ3v) is 5.12. The predicted molar refractivity (Wildman–Crippen MR) is 122 cm³/mol. The van der Waals surface area contributed by atoms with Crippen LogP contribution in [0.4, 0.5) is 0 Å². The quantitative estimate of drug-likeness (QED) is 0.447. The van der Waals surface area contributed by atoms with Gasteiger partial charge in [0.25, 0.3) is 0 Å². The van der Waals surface area contributed by atoms with E-state index in [1.807, 2.05) is 36.1 Å². The van der Waals surface area contributed by atoms with Gasteiger partial charge in [0.2, 0.25) is 11.8 Å². The van der Waals surface area contributed by atoms with E-state index >= 15 is 0 Å². The van der Waals surface area contributed by atoms with Gasteiger partial charge in [-0.1, -0.05) is 24.6 Å². The van der Waals surface area contributed by atoms with E-state index in [2.05, 4.69) is 37.6 Å². The van der Waals surface area contributed by atoms with E-state index in [1.54, 1.807) is 6.08 Å². The second kappa shape index (κ2) is 11.5. The molecule has 2 aromatic rings. The molecule has 1 N–H and O–H groups in total. The van der Waals surface area contributed by atoms with Crippen molar-refractivity contribution in [3.8, 4) is 0 Å². The van der Waals surface area contributed by atoms with Gasteiger partial charge in [-0.05, 0) is 65.7 Å². The summed E-state index contributed by atoms with van der Waals surface area (Å²) in [5.74, 6) is 1.03. The molecule has 0 atom stereocenters. The fourth-order valence-electron chi connectivity index (χ4n) is 3.89. The lowest BCUT2D eigenvalue weighted by Crippen LogP contribution is -2.43. The van der Waals surface area contributed by atoms with Crippen LogP contribution in [0.1, 0.15) is 59.7 Å². The molecule has 1 aromatic carbocycles. The maximum Gasteiger partial charge on any atom is 0.243 e. The van der Waals surface area contributed by atoms with Crippen molar-refractivity contribution in [3.63, 3.8) is 0 Å². The van der Waals surface area contributed by atoms with Crippen molar-refractivity contribution in [2.24, 2.45) is 0 Å². The number of aryl methyl sites for hydroxylation is 1. The van der Waals surface area contributed by atoms with Crippen molar-refractivity contribution in [1.82, 2.24) is 19.8 Å². The Labute approximate surface area is 180 Å². The fourth-order valence-corrected chi connectivity index (χ4v) is 3.89. The van der Waals surface area contributed by atoms with Crippen LogP contribution in [0.3, 0.4) is 0 Å². The SMILES string of the molecule is C/C=C/C(=O)NCCCCCc1nc2ccccc2n1CC(=O)N(C(C)C)C(C)C. The molecule has 0 unspecified atom stereocenters. The van der Waals surface area contributed by atoms with Crippen LogP contribution in [0.15, 0.2) is 36.4 Å². The highest BCUT2D eigenvalue weighted by Gasteiger charge is 2.22. The number of amides is 2. The molecule has 0 saturated carbocycles. The van der Waals surface area contributed by atoms with Gasteiger partial charge >= 0.3 is 0 Å². The fraction of sp³-hybridized carbons (Fsp3) is 0.542. The third-order valence-electron chi connectivity index (χ3n) is 5.12. The van der Waals surface area contributed by atoms with E-state index in [-0.39, 0.29) is 23.9 Å². The highest BCUT2D eigenvalue weighted by atomic mass is 16.2. The number of para-hydroxylation sites is 2. The Morgan fingerprint density at radius 2 is 1.80 bits per heavy atom. The Morgan fingerprint density at radius 3 is 2.47 bits per heavy atom. The number of imidazole rings is 1. The summed E-state index contributed by atoms with van der Waals surface area (Å²) >= 11 is 0. The van der Waals surface area contributed by atoms with E-state index in [0.29, 0.717) is 13.1 Å². The van der Waals surface area contributed by atoms with Crippen LogP contribution < -0.4 is 5.32 Å². The van der Waals surface area contributed by atoms with Gasteiger partial charge in [-0.25, -0.2) is 4.98 Å². The molecule has 164 valence electrons. The van der Waals surface area contributed by atoms with E-state index in [4.69, 9.17) is 4.98 Å². The maximum atomic E-state index is 13.1. The number of fused-ring (bicyclic) bond motifs is 1. The monoisotopic (exact) mass is 412 g/mol. The van der Waals surface area contributed by atoms with Gasteiger partial charge in [0.05, 0.1) is 11.0 Å². The standard InChI is InChI=1S/C24H36N4O2/c1-6-12-23(29)25-16-11-7-8-15-22-26-20-13-9-10-14-21(20)27(22)17-24(30)28(18(2)3)19(4)5/h6,9-10,12-14,18-19H,7-8,11,15-17H2,1-5H3,(H,25,29)/b12-6+. The van der Waals surface area contributed by atoms with Crippen LogP contribution in [-0.4, -0.2) is 44.9 Å². The van der Waals surface area contributed by atoms with Crippen molar-refractivity contribution < 1.29 is 9.59 Å². The number of carbonyl (C=O) groups excluding carboxylic acids is 2. The summed E-state index contributed by atoms with van der Waals surface area (Å²) in [6.45, 7) is 11.0. The van der Waals surface area contributed by atoms with Crippen molar-refractivity contribution in [2.75, 3.05) is 6.54 Å². The van der Waals surface area contributed by atoms with Crippen LogP contribution >= 0.6 is 0 Å². The van der Waals surface area contributed by atoms with Gasteiger partial charge in [-0.3, -0.25) is 9.59 Å². The molecule has 6 nitrogen and oxygen atoms in total. The van der Waals surface area contributed by atoms with Gasteiger partial charge in [-0.2, -0.15) is 0 Å². The first-order valence-corrected chi connectivity index (χ1v) is 11.0. The van der Waals surface area contributed by atoms with Crippen LogP contribution in [0.5, 0.6) is 0 Å². The number of hydrogen-bond acceptors (Lipinski definition) is 3. The number of carbonyl (C=O) groups is 2. The first-order valence-electron chi connectivity index (χ1n) is 11.0. The Hall–Kier alpha value is -2.63. The normalized spacial score (nSPS) is 11.7. The van der Waals surface area contributed by atoms with Crippen LogP contribution in [0, 0.1) is 0 Å². The molecule has 1 aromatic heterocycles. The zero-order valence-corrected chi connectivity index (χ0v) is 19.0. The second-order valence-corrected chi connectivity index (χ2v) is 8.19. The van der Waals surface area contributed by atoms with Gasteiger partial charge < -0.3 is 14.8 Å². The molecule has 30 heavy (non-hydrogen) atoms. The molecular formula is C24H36N4O2. The summed E-state index contributed by atoms with van der Waals surface area (Å²) in [5, 5.41) is 2.88. The highest BCUT2D eigenvalue weighted by molar-refractivity contribution is 5.87. The first-order chi connectivity index (χ1) is 14.3. The molecule has 0 aliphatic carbocycles. The number of aromatic nitrogens is 2. The smallest absolute Gasteiger partial charge is 0.243 e. The number of allylic oxidation sites excluding steroid dienone is 1. The molecule has 2 amide bonds. The van der Waals surface area contributed by atoms with Crippen molar-refractivity contribution >= 4 is 22.8 Å². The van der Waals surface area contributed by atoms with Gasteiger partial charge in [0.1, 0.15) is 12.4 Å². The second-order valence-electron chi connectivity index (χ2n) is 8.19. The zero-order chi connectivity index (χ0) is 22.1. The van der Waals surface area contributed by atoms with E-state index in [0.717, 1.165) is 42.5 Å². The summed E-state index contributed by atoms with van der Waals surface area (Å²) in [7, 11) is 0. The summed E-state index contributed by atoms with van der Waals surface area (Å²) in [4.78, 5) is 31.2. The molecule has 0 fully saturated rings. The third kappa shape index (κ3) is 6.44. The molecular weight excluding hydrogens is 376 g/mol. The van der Waals surface area contributed by atoms with E-state index in [1.165, 1.54) is 6.08 Å². The summed E-state index contributed by atoms with van der Waals surface area (Å²) in [6, 6.07) is 8.32. The summed E-state index contributed by atoms with van der Waals surface area (Å²) in [5.41, 5.74) is 1.94. The largest absolute Gasteiger partial charge is 0.353 e. The van der Waals surface area contributed by atoms with E-state index < -0.39 is 0 Å². The summed E-state index contributed by atoms with van der Waals surface area (Å²) < 4.78 is 2.07. The minimum atomic E-state index is -0.0438. The molecule has 1 heterocycles. The molecule has 6 heteroatoms. The first kappa shape index (κ1) is 23.6. The number of hydrogen-bond donors (Lipinski definition) is 1. The Balaban J connectivity index is 2.04. The Bertz CT molecular complexity index is 859. The number of nitrogens with one attached hydrogen (secondary N) is 1. The average Bonchev–Trinajstić information content (AvgIpc) is 3.01. The Morgan fingerprint density at radius 1 is 1.10 bits per heavy atom. The lowest BCUT2D eigenvalue weighted by atomic mass is 10.2. The average molecular weight is 413 g/mol. The number of nitrogens with zero attached hydrogens (tertiary/aromatic N) is 3. The maximum absolute atomic E-state index is 13.1. The van der Waals surface area contributed by atoms with Crippen molar-refractivity contribution in [3.05, 3.63) is 42.2 Å². The lowest BCUT2D eigenvalue weighted by molar-refractivity contribution is -0.135. The van der Waals surface area contributed by atoms with Gasteiger partial charge in [-0.15, -0.1) is 0 Å². The molecule has 0 saturated heterocycles. The number of rotatable bonds is 11. The van der Waals surface area contributed by atoms with Crippen LogP contribution in [-0.2, 0) is 22.6 Å². The topological polar surface area (TPSA) is 67.2 Å². The molecule has 0 radical (unpaired) electrons. The molecule has 0 aliphatic heterocycles. The highest BCUT2D eigenvalue weighted by Crippen LogP contribution is 2.19. The zero-order valence-electron chi connectivity index (χ0n) is 19.0.